The molecule has 0 bridgehead atoms. The Hall–Kier alpha value is -4.35. The Morgan fingerprint density at radius 2 is 1.54 bits per heavy atom. The molecule has 142 valence electrons. The van der Waals surface area contributed by atoms with Crippen LogP contribution in [0.1, 0.15) is 15.9 Å². The van der Waals surface area contributed by atoms with Crippen LogP contribution in [-0.2, 0) is 0 Å². The maximum atomic E-state index is 12.3. The van der Waals surface area contributed by atoms with Crippen molar-refractivity contribution in [2.75, 3.05) is 10.7 Å². The normalized spacial score (nSPS) is 10.3. The van der Waals surface area contributed by atoms with Gasteiger partial charge in [0.05, 0.1) is 15.4 Å². The van der Waals surface area contributed by atoms with E-state index in [0.29, 0.717) is 5.69 Å². The maximum absolute atomic E-state index is 12.3. The van der Waals surface area contributed by atoms with Crippen molar-refractivity contribution in [3.05, 3.63) is 80.4 Å². The summed E-state index contributed by atoms with van der Waals surface area (Å²) >= 11 is 0. The molecule has 28 heavy (non-hydrogen) atoms. The van der Waals surface area contributed by atoms with Gasteiger partial charge in [-0.3, -0.25) is 30.4 Å². The number of carbonyl (C=O) groups is 1. The predicted octanol–water partition coefficient (Wildman–Crippen LogP) is 2.53. The lowest BCUT2D eigenvalue weighted by Gasteiger charge is -2.10. The van der Waals surface area contributed by atoms with E-state index in [4.69, 9.17) is 0 Å². The van der Waals surface area contributed by atoms with Gasteiger partial charge in [-0.1, -0.05) is 17.7 Å². The largest absolute Gasteiger partial charge is 0.344 e. The molecule has 12 nitrogen and oxygen atoms in total. The summed E-state index contributed by atoms with van der Waals surface area (Å²) in [6.45, 7) is 1.86. The number of benzene rings is 2. The zero-order chi connectivity index (χ0) is 20.3. The highest BCUT2D eigenvalue weighted by molar-refractivity contribution is 6.02. The van der Waals surface area contributed by atoms with Gasteiger partial charge in [-0.2, -0.15) is 0 Å². The topological polar surface area (TPSA) is 158 Å². The second-order valence-electron chi connectivity index (χ2n) is 5.70. The van der Waals surface area contributed by atoms with Gasteiger partial charge in [0.2, 0.25) is 0 Å². The number of rotatable bonds is 6. The molecule has 0 aliphatic carbocycles. The Morgan fingerprint density at radius 3 is 2.04 bits per heavy atom. The van der Waals surface area contributed by atoms with Crippen LogP contribution >= 0.6 is 0 Å². The van der Waals surface area contributed by atoms with Crippen molar-refractivity contribution >= 4 is 28.7 Å². The van der Waals surface area contributed by atoms with Crippen LogP contribution in [0.2, 0.25) is 0 Å². The molecule has 2 N–H and O–H groups in total. The van der Waals surface area contributed by atoms with Gasteiger partial charge < -0.3 is 5.32 Å². The van der Waals surface area contributed by atoms with E-state index in [9.17, 15) is 25.0 Å². The average Bonchev–Trinajstić information content (AvgIpc) is 3.16. The molecule has 0 spiro atoms. The number of hydrogen-bond donors (Lipinski definition) is 2. The molecule has 0 unspecified atom stereocenters. The summed E-state index contributed by atoms with van der Waals surface area (Å²) in [4.78, 5) is 33.8. The van der Waals surface area contributed by atoms with Crippen molar-refractivity contribution in [3.8, 4) is 0 Å². The molecule has 12 heteroatoms. The summed E-state index contributed by atoms with van der Waals surface area (Å²) < 4.78 is 1.11. The van der Waals surface area contributed by atoms with Crippen LogP contribution in [0.25, 0.3) is 0 Å². The fourth-order valence-electron chi connectivity index (χ4n) is 2.38. The number of amides is 1. The van der Waals surface area contributed by atoms with Gasteiger partial charge >= 0.3 is 11.4 Å². The zero-order valence-electron chi connectivity index (χ0n) is 14.4. The van der Waals surface area contributed by atoms with Gasteiger partial charge in [0.1, 0.15) is 12.7 Å². The molecule has 0 aliphatic heterocycles. The van der Waals surface area contributed by atoms with E-state index < -0.39 is 27.1 Å². The number of nitrogens with zero attached hydrogens (tertiary/aromatic N) is 5. The number of hydrogen-bond acceptors (Lipinski definition) is 8. The Labute approximate surface area is 157 Å². The lowest BCUT2D eigenvalue weighted by molar-refractivity contribution is -0.392. The van der Waals surface area contributed by atoms with Crippen molar-refractivity contribution in [1.29, 1.82) is 0 Å². The van der Waals surface area contributed by atoms with Gasteiger partial charge in [-0.25, -0.2) is 4.68 Å². The third kappa shape index (κ3) is 3.90. The smallest absolute Gasteiger partial charge is 0.300 e. The van der Waals surface area contributed by atoms with Gasteiger partial charge in [-0.05, 0) is 19.1 Å². The average molecular weight is 383 g/mol. The molecule has 1 amide bonds. The predicted molar refractivity (Wildman–Crippen MR) is 97.9 cm³/mol. The SMILES string of the molecule is Cc1ccc(Nc2c([N+](=O)[O-])cc(C(=O)Nn3cnnc3)cc2[N+](=O)[O-])cc1. The van der Waals surface area contributed by atoms with Crippen molar-refractivity contribution < 1.29 is 14.6 Å². The standard InChI is InChI=1S/C16H13N7O5/c1-10-2-4-12(5-3-10)19-15-13(22(25)26)6-11(7-14(15)23(27)28)16(24)20-21-8-17-18-9-21/h2-9,19H,1H3,(H,20,24). The summed E-state index contributed by atoms with van der Waals surface area (Å²) in [5.41, 5.74) is 1.92. The number of nitro benzene ring substituents is 2. The van der Waals surface area contributed by atoms with Crippen molar-refractivity contribution in [2.24, 2.45) is 0 Å². The lowest BCUT2D eigenvalue weighted by Crippen LogP contribution is -2.22. The van der Waals surface area contributed by atoms with E-state index in [0.717, 1.165) is 22.4 Å². The second kappa shape index (κ2) is 7.49. The third-order valence-corrected chi connectivity index (χ3v) is 3.72. The van der Waals surface area contributed by atoms with E-state index >= 15 is 0 Å². The molecule has 3 aromatic rings. The Kier molecular flexibility index (Phi) is 4.93. The zero-order valence-corrected chi connectivity index (χ0v) is 14.4. The molecular formula is C16H13N7O5. The molecular weight excluding hydrogens is 370 g/mol. The van der Waals surface area contributed by atoms with E-state index in [1.54, 1.807) is 24.3 Å². The molecule has 0 fully saturated rings. The van der Waals surface area contributed by atoms with Crippen LogP contribution in [-0.4, -0.2) is 30.6 Å². The first kappa shape index (κ1) is 18.4. The van der Waals surface area contributed by atoms with Gasteiger partial charge in [0, 0.05) is 17.8 Å². The first-order valence-corrected chi connectivity index (χ1v) is 7.81. The van der Waals surface area contributed by atoms with Gasteiger partial charge in [0.25, 0.3) is 5.91 Å². The van der Waals surface area contributed by atoms with Crippen molar-refractivity contribution in [1.82, 2.24) is 14.9 Å². The molecule has 0 saturated heterocycles. The quantitative estimate of drug-likeness (QED) is 0.485. The van der Waals surface area contributed by atoms with Crippen LogP contribution in [0.15, 0.2) is 49.1 Å². The van der Waals surface area contributed by atoms with Crippen LogP contribution < -0.4 is 10.7 Å². The summed E-state index contributed by atoms with van der Waals surface area (Å²) in [7, 11) is 0. The minimum Gasteiger partial charge on any atom is -0.344 e. The fourth-order valence-corrected chi connectivity index (χ4v) is 2.38. The fraction of sp³-hybridized carbons (Fsp3) is 0.0625. The van der Waals surface area contributed by atoms with Crippen molar-refractivity contribution in [3.63, 3.8) is 0 Å². The van der Waals surface area contributed by atoms with Crippen molar-refractivity contribution in [2.45, 2.75) is 6.92 Å². The number of aromatic nitrogens is 3. The molecule has 1 aromatic heterocycles. The Morgan fingerprint density at radius 1 is 1.00 bits per heavy atom. The lowest BCUT2D eigenvalue weighted by atomic mass is 10.1. The van der Waals surface area contributed by atoms with Crippen LogP contribution in [0.4, 0.5) is 22.7 Å². The number of anilines is 2. The summed E-state index contributed by atoms with van der Waals surface area (Å²) in [6, 6.07) is 8.69. The van der Waals surface area contributed by atoms with E-state index in [-0.39, 0.29) is 11.3 Å². The number of aryl methyl sites for hydroxylation is 1. The second-order valence-corrected chi connectivity index (χ2v) is 5.70. The third-order valence-electron chi connectivity index (χ3n) is 3.72. The molecule has 0 saturated carbocycles. The van der Waals surface area contributed by atoms with E-state index in [1.807, 2.05) is 6.92 Å². The first-order valence-electron chi connectivity index (χ1n) is 7.81. The van der Waals surface area contributed by atoms with Crippen LogP contribution in [0.5, 0.6) is 0 Å². The highest BCUT2D eigenvalue weighted by atomic mass is 16.6. The number of nitrogens with one attached hydrogen (secondary N) is 2. The van der Waals surface area contributed by atoms with Gasteiger partial charge in [-0.15, -0.1) is 10.2 Å². The maximum Gasteiger partial charge on any atom is 0.300 e. The Bertz CT molecular complexity index is 1010. The summed E-state index contributed by atoms with van der Waals surface area (Å²) in [5.74, 6) is -0.798. The molecule has 1 heterocycles. The highest BCUT2D eigenvalue weighted by Gasteiger charge is 2.29. The monoisotopic (exact) mass is 383 g/mol. The molecule has 0 aliphatic rings. The summed E-state index contributed by atoms with van der Waals surface area (Å²) in [5, 5.41) is 32.7. The molecule has 0 atom stereocenters. The number of nitro groups is 2. The summed E-state index contributed by atoms with van der Waals surface area (Å²) in [6.07, 6.45) is 2.38. The highest BCUT2D eigenvalue weighted by Crippen LogP contribution is 2.37. The van der Waals surface area contributed by atoms with Crippen LogP contribution in [0.3, 0.4) is 0 Å². The van der Waals surface area contributed by atoms with E-state index in [2.05, 4.69) is 20.9 Å². The first-order chi connectivity index (χ1) is 13.3. The minimum absolute atomic E-state index is 0.262. The van der Waals surface area contributed by atoms with Crippen LogP contribution in [0, 0.1) is 27.2 Å². The Balaban J connectivity index is 2.05. The molecule has 3 rings (SSSR count). The molecule has 2 aromatic carbocycles. The molecule has 0 radical (unpaired) electrons. The van der Waals surface area contributed by atoms with E-state index in [1.165, 1.54) is 12.7 Å². The number of carbonyl (C=O) groups excluding carboxylic acids is 1. The minimum atomic E-state index is -0.798. The van der Waals surface area contributed by atoms with Gasteiger partial charge in [0.15, 0.2) is 5.69 Å².